The lowest BCUT2D eigenvalue weighted by Crippen LogP contribution is -2.43. The van der Waals surface area contributed by atoms with E-state index in [1.54, 1.807) is 11.0 Å². The average molecular weight is 250 g/mol. The number of nitrogens with two attached hydrogens (primary N) is 1. The van der Waals surface area contributed by atoms with Crippen LogP contribution >= 0.6 is 0 Å². The summed E-state index contributed by atoms with van der Waals surface area (Å²) in [6.07, 6.45) is 2.11. The highest BCUT2D eigenvalue weighted by molar-refractivity contribution is 5.94. The van der Waals surface area contributed by atoms with Gasteiger partial charge in [0.1, 0.15) is 5.82 Å². The molecule has 4 heteroatoms. The molecule has 1 saturated heterocycles. The molecular weight excluding hydrogens is 231 g/mol. The molecule has 0 saturated carbocycles. The smallest absolute Gasteiger partial charge is 0.253 e. The van der Waals surface area contributed by atoms with E-state index in [4.69, 9.17) is 5.73 Å². The topological polar surface area (TPSA) is 46.3 Å². The maximum atomic E-state index is 13.4. The SMILES string of the molecule is CC1(C)CCCN(C(=O)c2ccc(N)c(F)c2)C1. The number of nitrogens with zero attached hydrogens (tertiary/aromatic N) is 1. The van der Waals surface area contributed by atoms with Gasteiger partial charge in [-0.25, -0.2) is 4.39 Å². The Labute approximate surface area is 107 Å². The zero-order valence-electron chi connectivity index (χ0n) is 10.9. The van der Waals surface area contributed by atoms with Crippen LogP contribution in [0.5, 0.6) is 0 Å². The Bertz CT molecular complexity index is 471. The summed E-state index contributed by atoms with van der Waals surface area (Å²) in [5.74, 6) is -0.640. The number of rotatable bonds is 1. The lowest BCUT2D eigenvalue weighted by atomic mass is 9.84. The summed E-state index contributed by atoms with van der Waals surface area (Å²) in [5, 5.41) is 0. The van der Waals surface area contributed by atoms with Crippen molar-refractivity contribution in [1.82, 2.24) is 4.90 Å². The van der Waals surface area contributed by atoms with Gasteiger partial charge in [0, 0.05) is 18.7 Å². The number of carbonyl (C=O) groups is 1. The van der Waals surface area contributed by atoms with E-state index in [1.165, 1.54) is 12.1 Å². The molecule has 0 bridgehead atoms. The van der Waals surface area contributed by atoms with Crippen LogP contribution in [0.1, 0.15) is 37.0 Å². The monoisotopic (exact) mass is 250 g/mol. The van der Waals surface area contributed by atoms with Crippen LogP contribution in [0, 0.1) is 11.2 Å². The molecule has 2 N–H and O–H groups in total. The van der Waals surface area contributed by atoms with Gasteiger partial charge in [0.15, 0.2) is 0 Å². The van der Waals surface area contributed by atoms with Crippen LogP contribution in [0.2, 0.25) is 0 Å². The third-order valence-corrected chi connectivity index (χ3v) is 3.44. The van der Waals surface area contributed by atoms with Crippen LogP contribution in [-0.4, -0.2) is 23.9 Å². The molecule has 0 spiro atoms. The second-order valence-corrected chi connectivity index (χ2v) is 5.73. The molecule has 1 heterocycles. The van der Waals surface area contributed by atoms with Crippen molar-refractivity contribution in [2.24, 2.45) is 5.41 Å². The Morgan fingerprint density at radius 3 is 2.78 bits per heavy atom. The first-order valence-corrected chi connectivity index (χ1v) is 6.23. The fraction of sp³-hybridized carbons (Fsp3) is 0.500. The second kappa shape index (κ2) is 4.59. The third kappa shape index (κ3) is 2.63. The molecule has 0 unspecified atom stereocenters. The van der Waals surface area contributed by atoms with Crippen molar-refractivity contribution in [2.75, 3.05) is 18.8 Å². The first-order chi connectivity index (χ1) is 8.39. The highest BCUT2D eigenvalue weighted by Crippen LogP contribution is 2.29. The van der Waals surface area contributed by atoms with Crippen molar-refractivity contribution in [2.45, 2.75) is 26.7 Å². The van der Waals surface area contributed by atoms with Gasteiger partial charge in [0.25, 0.3) is 5.91 Å². The Morgan fingerprint density at radius 1 is 1.44 bits per heavy atom. The number of hydrogen-bond acceptors (Lipinski definition) is 2. The van der Waals surface area contributed by atoms with Crippen LogP contribution in [0.25, 0.3) is 0 Å². The fourth-order valence-electron chi connectivity index (χ4n) is 2.44. The zero-order valence-corrected chi connectivity index (χ0v) is 10.9. The van der Waals surface area contributed by atoms with Crippen LogP contribution in [-0.2, 0) is 0 Å². The normalized spacial score (nSPS) is 18.7. The van der Waals surface area contributed by atoms with E-state index in [0.29, 0.717) is 5.56 Å². The minimum Gasteiger partial charge on any atom is -0.396 e. The molecule has 1 aliphatic rings. The van der Waals surface area contributed by atoms with E-state index in [1.807, 2.05) is 0 Å². The number of hydrogen-bond donors (Lipinski definition) is 1. The number of halogens is 1. The number of anilines is 1. The highest BCUT2D eigenvalue weighted by atomic mass is 19.1. The van der Waals surface area contributed by atoms with Gasteiger partial charge in [-0.3, -0.25) is 4.79 Å². The first-order valence-electron chi connectivity index (χ1n) is 6.23. The van der Waals surface area contributed by atoms with Crippen molar-refractivity contribution < 1.29 is 9.18 Å². The number of amides is 1. The van der Waals surface area contributed by atoms with E-state index in [9.17, 15) is 9.18 Å². The van der Waals surface area contributed by atoms with Gasteiger partial charge in [-0.2, -0.15) is 0 Å². The fourth-order valence-corrected chi connectivity index (χ4v) is 2.44. The molecule has 1 aromatic rings. The predicted molar refractivity (Wildman–Crippen MR) is 69.7 cm³/mol. The quantitative estimate of drug-likeness (QED) is 0.779. The Morgan fingerprint density at radius 2 is 2.17 bits per heavy atom. The summed E-state index contributed by atoms with van der Waals surface area (Å²) in [4.78, 5) is 14.1. The summed E-state index contributed by atoms with van der Waals surface area (Å²) in [6, 6.07) is 4.25. The molecular formula is C14H19FN2O. The molecule has 0 radical (unpaired) electrons. The van der Waals surface area contributed by atoms with Crippen LogP contribution in [0.3, 0.4) is 0 Å². The van der Waals surface area contributed by atoms with Gasteiger partial charge in [-0.15, -0.1) is 0 Å². The number of benzene rings is 1. The van der Waals surface area contributed by atoms with Crippen molar-refractivity contribution in [3.63, 3.8) is 0 Å². The van der Waals surface area contributed by atoms with E-state index in [-0.39, 0.29) is 17.0 Å². The number of likely N-dealkylation sites (tertiary alicyclic amines) is 1. The van der Waals surface area contributed by atoms with Crippen LogP contribution in [0.4, 0.5) is 10.1 Å². The summed E-state index contributed by atoms with van der Waals surface area (Å²) in [7, 11) is 0. The Hall–Kier alpha value is -1.58. The number of piperidine rings is 1. The highest BCUT2D eigenvalue weighted by Gasteiger charge is 2.29. The summed E-state index contributed by atoms with van der Waals surface area (Å²) < 4.78 is 13.4. The molecule has 3 nitrogen and oxygen atoms in total. The molecule has 18 heavy (non-hydrogen) atoms. The molecule has 1 aliphatic heterocycles. The van der Waals surface area contributed by atoms with Gasteiger partial charge in [-0.1, -0.05) is 13.8 Å². The van der Waals surface area contributed by atoms with Gasteiger partial charge in [0.2, 0.25) is 0 Å². The lowest BCUT2D eigenvalue weighted by molar-refractivity contribution is 0.0583. The molecule has 0 atom stereocenters. The van der Waals surface area contributed by atoms with Gasteiger partial charge in [0.05, 0.1) is 5.69 Å². The van der Waals surface area contributed by atoms with Crippen molar-refractivity contribution in [3.8, 4) is 0 Å². The average Bonchev–Trinajstić information content (AvgIpc) is 2.30. The van der Waals surface area contributed by atoms with Crippen molar-refractivity contribution >= 4 is 11.6 Å². The van der Waals surface area contributed by atoms with Crippen molar-refractivity contribution in [3.05, 3.63) is 29.6 Å². The number of nitrogen functional groups attached to an aromatic ring is 1. The molecule has 1 amide bonds. The molecule has 2 rings (SSSR count). The van der Waals surface area contributed by atoms with E-state index in [0.717, 1.165) is 25.9 Å². The van der Waals surface area contributed by atoms with Crippen molar-refractivity contribution in [1.29, 1.82) is 0 Å². The van der Waals surface area contributed by atoms with E-state index < -0.39 is 5.82 Å². The third-order valence-electron chi connectivity index (χ3n) is 3.44. The number of carbonyl (C=O) groups excluding carboxylic acids is 1. The Balaban J connectivity index is 2.18. The Kier molecular flexibility index (Phi) is 3.28. The standard InChI is InChI=1S/C14H19FN2O/c1-14(2)6-3-7-17(9-14)13(18)10-4-5-12(16)11(15)8-10/h4-5,8H,3,6-7,9,16H2,1-2H3. The maximum Gasteiger partial charge on any atom is 0.253 e. The van der Waals surface area contributed by atoms with Crippen LogP contribution in [0.15, 0.2) is 18.2 Å². The van der Waals surface area contributed by atoms with Gasteiger partial charge in [-0.05, 0) is 36.5 Å². The second-order valence-electron chi connectivity index (χ2n) is 5.73. The summed E-state index contributed by atoms with van der Waals surface area (Å²) >= 11 is 0. The summed E-state index contributed by atoms with van der Waals surface area (Å²) in [6.45, 7) is 5.76. The molecule has 0 aliphatic carbocycles. The molecule has 0 aromatic heterocycles. The molecule has 98 valence electrons. The van der Waals surface area contributed by atoms with E-state index in [2.05, 4.69) is 13.8 Å². The first kappa shape index (κ1) is 12.9. The minimum absolute atomic E-state index is 0.0746. The summed E-state index contributed by atoms with van der Waals surface area (Å²) in [5.41, 5.74) is 6.00. The lowest BCUT2D eigenvalue weighted by Gasteiger charge is -2.38. The van der Waals surface area contributed by atoms with Gasteiger partial charge < -0.3 is 10.6 Å². The minimum atomic E-state index is -0.530. The van der Waals surface area contributed by atoms with E-state index >= 15 is 0 Å². The molecule has 1 fully saturated rings. The van der Waals surface area contributed by atoms with Crippen LogP contribution < -0.4 is 5.73 Å². The zero-order chi connectivity index (χ0) is 13.3. The van der Waals surface area contributed by atoms with Gasteiger partial charge >= 0.3 is 0 Å². The maximum absolute atomic E-state index is 13.4. The predicted octanol–water partition coefficient (Wildman–Crippen LogP) is 2.67. The molecule has 1 aromatic carbocycles. The largest absolute Gasteiger partial charge is 0.396 e.